The summed E-state index contributed by atoms with van der Waals surface area (Å²) in [4.78, 5) is 14.6. The van der Waals surface area contributed by atoms with E-state index in [1.807, 2.05) is 4.90 Å². The summed E-state index contributed by atoms with van der Waals surface area (Å²) in [5.41, 5.74) is -0.0213. The lowest BCUT2D eigenvalue weighted by atomic mass is 10.1. The number of hydrogen-bond acceptors (Lipinski definition) is 6. The number of alkyl halides is 3. The van der Waals surface area contributed by atoms with Gasteiger partial charge in [-0.05, 0) is 36.4 Å². The van der Waals surface area contributed by atoms with Crippen LogP contribution in [0.2, 0.25) is 0 Å². The molecule has 0 bridgehead atoms. The third-order valence-corrected chi connectivity index (χ3v) is 6.08. The van der Waals surface area contributed by atoms with Crippen molar-refractivity contribution >= 4 is 38.0 Å². The number of ether oxygens (including phenoxy) is 1. The lowest BCUT2D eigenvalue weighted by molar-refractivity contribution is -0.137. The molecule has 2 aromatic carbocycles. The highest BCUT2D eigenvalue weighted by atomic mass is 32.1. The number of anilines is 2. The van der Waals surface area contributed by atoms with E-state index in [1.54, 1.807) is 6.07 Å². The summed E-state index contributed by atoms with van der Waals surface area (Å²) in [6.07, 6.45) is -4.49. The van der Waals surface area contributed by atoms with Crippen molar-refractivity contribution in [3.05, 3.63) is 53.1 Å². The lowest BCUT2D eigenvalue weighted by Gasteiger charge is -2.29. The molecular formula is C21H16F3N3O3S. The smallest absolute Gasteiger partial charge is 0.416 e. The average molecular weight is 447 g/mol. The van der Waals surface area contributed by atoms with E-state index in [4.69, 9.17) is 4.74 Å². The lowest BCUT2D eigenvalue weighted by Crippen LogP contribution is -2.36. The molecule has 0 unspecified atom stereocenters. The number of benzene rings is 2. The topological polar surface area (TPSA) is 85.6 Å². The first-order chi connectivity index (χ1) is 14.8. The molecule has 1 fully saturated rings. The number of nitrogens with one attached hydrogen (secondary N) is 1. The molecule has 0 saturated carbocycles. The first kappa shape index (κ1) is 21.0. The van der Waals surface area contributed by atoms with Crippen molar-refractivity contribution < 1.29 is 27.8 Å². The molecule has 0 spiro atoms. The van der Waals surface area contributed by atoms with Gasteiger partial charge in [0.25, 0.3) is 5.91 Å². The van der Waals surface area contributed by atoms with Crippen molar-refractivity contribution in [1.29, 1.82) is 5.26 Å². The van der Waals surface area contributed by atoms with Crippen molar-refractivity contribution in [3.63, 3.8) is 0 Å². The SMILES string of the molecule is N#Cc1c(NC(=O)c2ccc(C(F)(F)F)cc2)sc2c(N3CCOCC3)c(O)ccc12. The second kappa shape index (κ2) is 8.09. The largest absolute Gasteiger partial charge is 0.506 e. The number of morpholine rings is 1. The minimum atomic E-state index is -4.49. The van der Waals surface area contributed by atoms with Crippen LogP contribution in [0.3, 0.4) is 0 Å². The molecule has 3 aromatic rings. The molecule has 2 heterocycles. The van der Waals surface area contributed by atoms with Crippen molar-refractivity contribution in [2.75, 3.05) is 36.5 Å². The van der Waals surface area contributed by atoms with Crippen LogP contribution in [0.1, 0.15) is 21.5 Å². The first-order valence-electron chi connectivity index (χ1n) is 9.29. The molecule has 4 rings (SSSR count). The summed E-state index contributed by atoms with van der Waals surface area (Å²) in [5, 5.41) is 23.6. The Hall–Kier alpha value is -3.29. The second-order valence-corrected chi connectivity index (χ2v) is 7.88. The molecule has 1 saturated heterocycles. The predicted octanol–water partition coefficient (Wildman–Crippen LogP) is 4.59. The molecule has 0 atom stereocenters. The Labute approximate surface area is 179 Å². The fourth-order valence-corrected chi connectivity index (χ4v) is 4.63. The number of nitrogens with zero attached hydrogens (tertiary/aromatic N) is 2. The van der Waals surface area contributed by atoms with Crippen molar-refractivity contribution in [2.24, 2.45) is 0 Å². The highest BCUT2D eigenvalue weighted by molar-refractivity contribution is 7.24. The Morgan fingerprint density at radius 3 is 2.45 bits per heavy atom. The van der Waals surface area contributed by atoms with Gasteiger partial charge in [-0.15, -0.1) is 11.3 Å². The van der Waals surface area contributed by atoms with E-state index in [-0.39, 0.29) is 21.9 Å². The van der Waals surface area contributed by atoms with Gasteiger partial charge in [-0.25, -0.2) is 0 Å². The van der Waals surface area contributed by atoms with Gasteiger partial charge in [0.1, 0.15) is 16.8 Å². The number of phenols is 1. The van der Waals surface area contributed by atoms with Gasteiger partial charge in [0.15, 0.2) is 0 Å². The summed E-state index contributed by atoms with van der Waals surface area (Å²) >= 11 is 1.14. The molecule has 31 heavy (non-hydrogen) atoms. The van der Waals surface area contributed by atoms with E-state index in [2.05, 4.69) is 11.4 Å². The van der Waals surface area contributed by atoms with E-state index >= 15 is 0 Å². The van der Waals surface area contributed by atoms with Crippen LogP contribution in [0.4, 0.5) is 23.9 Å². The van der Waals surface area contributed by atoms with Crippen LogP contribution in [0.15, 0.2) is 36.4 Å². The van der Waals surface area contributed by atoms with Gasteiger partial charge in [-0.3, -0.25) is 4.79 Å². The molecule has 1 aliphatic rings. The van der Waals surface area contributed by atoms with Crippen molar-refractivity contribution in [3.8, 4) is 11.8 Å². The summed E-state index contributed by atoms with van der Waals surface area (Å²) in [7, 11) is 0. The van der Waals surface area contributed by atoms with Crippen LogP contribution >= 0.6 is 11.3 Å². The number of rotatable bonds is 3. The van der Waals surface area contributed by atoms with Gasteiger partial charge in [-0.2, -0.15) is 18.4 Å². The zero-order chi connectivity index (χ0) is 22.2. The molecule has 6 nitrogen and oxygen atoms in total. The Kier molecular flexibility index (Phi) is 5.47. The molecule has 0 aliphatic carbocycles. The van der Waals surface area contributed by atoms with Gasteiger partial charge in [-0.1, -0.05) is 0 Å². The molecule has 2 N–H and O–H groups in total. The van der Waals surface area contributed by atoms with Gasteiger partial charge in [0, 0.05) is 24.0 Å². The summed E-state index contributed by atoms with van der Waals surface area (Å²) in [6.45, 7) is 2.15. The number of carbonyl (C=O) groups is 1. The normalized spacial score (nSPS) is 14.5. The average Bonchev–Trinajstić information content (AvgIpc) is 3.10. The van der Waals surface area contributed by atoms with Crippen LogP contribution in [0, 0.1) is 11.3 Å². The first-order valence-corrected chi connectivity index (χ1v) is 10.1. The highest BCUT2D eigenvalue weighted by Gasteiger charge is 2.30. The molecule has 1 amide bonds. The Balaban J connectivity index is 1.69. The Morgan fingerprint density at radius 2 is 1.84 bits per heavy atom. The molecular weight excluding hydrogens is 431 g/mol. The highest BCUT2D eigenvalue weighted by Crippen LogP contribution is 2.45. The standard InChI is InChI=1S/C21H16F3N3O3S/c22-21(23,24)13-3-1-12(2-4-13)19(29)26-20-15(11-25)14-5-6-16(28)17(18(14)31-20)27-7-9-30-10-8-27/h1-6,28H,7-10H2,(H,26,29). The fraction of sp³-hybridized carbons (Fsp3) is 0.238. The number of phenolic OH excluding ortho intramolecular Hbond substituents is 1. The summed E-state index contributed by atoms with van der Waals surface area (Å²) in [5.74, 6) is -0.574. The number of aromatic hydroxyl groups is 1. The van der Waals surface area contributed by atoms with Gasteiger partial charge < -0.3 is 20.1 Å². The molecule has 10 heteroatoms. The quantitative estimate of drug-likeness (QED) is 0.614. The van der Waals surface area contributed by atoms with Crippen LogP contribution in [0.5, 0.6) is 5.75 Å². The maximum absolute atomic E-state index is 12.7. The minimum absolute atomic E-state index is 0.0330. The van der Waals surface area contributed by atoms with E-state index in [1.165, 1.54) is 6.07 Å². The van der Waals surface area contributed by atoms with E-state index in [0.29, 0.717) is 42.1 Å². The number of amides is 1. The van der Waals surface area contributed by atoms with E-state index in [9.17, 15) is 28.3 Å². The van der Waals surface area contributed by atoms with Crippen LogP contribution in [-0.2, 0) is 10.9 Å². The minimum Gasteiger partial charge on any atom is -0.506 e. The maximum atomic E-state index is 12.7. The Morgan fingerprint density at radius 1 is 1.16 bits per heavy atom. The van der Waals surface area contributed by atoms with Crippen molar-refractivity contribution in [1.82, 2.24) is 0 Å². The maximum Gasteiger partial charge on any atom is 0.416 e. The van der Waals surface area contributed by atoms with Crippen LogP contribution in [-0.4, -0.2) is 37.3 Å². The zero-order valence-electron chi connectivity index (χ0n) is 16.0. The molecule has 1 aliphatic heterocycles. The molecule has 1 aromatic heterocycles. The van der Waals surface area contributed by atoms with Gasteiger partial charge in [0.05, 0.1) is 34.7 Å². The monoisotopic (exact) mass is 447 g/mol. The number of nitriles is 1. The fourth-order valence-electron chi connectivity index (χ4n) is 3.41. The number of halogens is 3. The number of carbonyl (C=O) groups excluding carboxylic acids is 1. The van der Waals surface area contributed by atoms with Crippen LogP contribution < -0.4 is 10.2 Å². The van der Waals surface area contributed by atoms with E-state index in [0.717, 1.165) is 35.6 Å². The Bertz CT molecular complexity index is 1180. The predicted molar refractivity (Wildman–Crippen MR) is 111 cm³/mol. The van der Waals surface area contributed by atoms with E-state index < -0.39 is 17.6 Å². The van der Waals surface area contributed by atoms with Crippen molar-refractivity contribution in [2.45, 2.75) is 6.18 Å². The third kappa shape index (κ3) is 4.02. The number of hydrogen-bond donors (Lipinski definition) is 2. The number of fused-ring (bicyclic) bond motifs is 1. The number of thiophene rings is 1. The third-order valence-electron chi connectivity index (χ3n) is 4.95. The molecule has 160 valence electrons. The molecule has 0 radical (unpaired) electrons. The summed E-state index contributed by atoms with van der Waals surface area (Å²) < 4.78 is 44.2. The zero-order valence-corrected chi connectivity index (χ0v) is 16.8. The second-order valence-electron chi connectivity index (χ2n) is 6.86. The van der Waals surface area contributed by atoms with Gasteiger partial charge >= 0.3 is 6.18 Å². The van der Waals surface area contributed by atoms with Crippen LogP contribution in [0.25, 0.3) is 10.1 Å². The van der Waals surface area contributed by atoms with Gasteiger partial charge in [0.2, 0.25) is 0 Å². The summed E-state index contributed by atoms with van der Waals surface area (Å²) in [6, 6.07) is 9.02.